The largest absolute Gasteiger partial charge is 0.396 e. The first-order valence-corrected chi connectivity index (χ1v) is 7.50. The molecule has 5 nitrogen and oxygen atoms in total. The average Bonchev–Trinajstić information content (AvgIpc) is 2.98. The van der Waals surface area contributed by atoms with Gasteiger partial charge in [-0.25, -0.2) is 4.98 Å². The van der Waals surface area contributed by atoms with E-state index in [4.69, 9.17) is 10.8 Å². The van der Waals surface area contributed by atoms with Crippen LogP contribution in [0.4, 0.5) is 5.82 Å². The fourth-order valence-electron chi connectivity index (χ4n) is 1.71. The van der Waals surface area contributed by atoms with E-state index >= 15 is 0 Å². The molecule has 2 aromatic rings. The van der Waals surface area contributed by atoms with Gasteiger partial charge in [-0.1, -0.05) is 6.07 Å². The summed E-state index contributed by atoms with van der Waals surface area (Å²) in [4.78, 5) is 4.92. The van der Waals surface area contributed by atoms with Crippen LogP contribution >= 0.6 is 23.1 Å². The van der Waals surface area contributed by atoms with Gasteiger partial charge in [0.15, 0.2) is 0 Å². The van der Waals surface area contributed by atoms with Gasteiger partial charge in [0.05, 0.1) is 12.2 Å². The predicted molar refractivity (Wildman–Crippen MR) is 79.2 cm³/mol. The van der Waals surface area contributed by atoms with Crippen molar-refractivity contribution in [2.24, 2.45) is 0 Å². The Balaban J connectivity index is 2.72. The summed E-state index contributed by atoms with van der Waals surface area (Å²) in [5, 5.41) is 29.9. The van der Waals surface area contributed by atoms with Gasteiger partial charge >= 0.3 is 0 Å². The Kier molecular flexibility index (Phi) is 4.59. The number of hydrogen-bond acceptors (Lipinski definition) is 7. The van der Waals surface area contributed by atoms with E-state index in [1.807, 2.05) is 23.6 Å². The van der Waals surface area contributed by atoms with Gasteiger partial charge in [-0.2, -0.15) is 10.5 Å². The van der Waals surface area contributed by atoms with Gasteiger partial charge in [0.1, 0.15) is 28.5 Å². The van der Waals surface area contributed by atoms with Gasteiger partial charge < -0.3 is 10.8 Å². The van der Waals surface area contributed by atoms with E-state index in [2.05, 4.69) is 11.1 Å². The predicted octanol–water partition coefficient (Wildman–Crippen LogP) is 2.22. The van der Waals surface area contributed by atoms with E-state index in [-0.39, 0.29) is 18.0 Å². The molecule has 0 bridgehead atoms. The van der Waals surface area contributed by atoms with Crippen LogP contribution in [0.25, 0.3) is 10.4 Å². The Morgan fingerprint density at radius 1 is 1.35 bits per heavy atom. The molecular weight excluding hydrogens is 292 g/mol. The van der Waals surface area contributed by atoms with E-state index in [0.717, 1.165) is 4.88 Å². The van der Waals surface area contributed by atoms with E-state index < -0.39 is 0 Å². The zero-order chi connectivity index (χ0) is 14.5. The molecule has 0 unspecified atom stereocenters. The highest BCUT2D eigenvalue weighted by Gasteiger charge is 2.20. The van der Waals surface area contributed by atoms with Crippen LogP contribution in [0.2, 0.25) is 0 Å². The van der Waals surface area contributed by atoms with Crippen LogP contribution < -0.4 is 5.73 Å². The van der Waals surface area contributed by atoms with Gasteiger partial charge in [0.2, 0.25) is 0 Å². The van der Waals surface area contributed by atoms with Crippen LogP contribution in [-0.2, 0) is 0 Å². The van der Waals surface area contributed by atoms with Gasteiger partial charge in [-0.3, -0.25) is 0 Å². The van der Waals surface area contributed by atoms with E-state index in [9.17, 15) is 10.5 Å². The first kappa shape index (κ1) is 14.4. The second-order valence-corrected chi connectivity index (χ2v) is 5.73. The van der Waals surface area contributed by atoms with Crippen molar-refractivity contribution in [3.63, 3.8) is 0 Å². The molecular formula is C13H10N4OS2. The summed E-state index contributed by atoms with van der Waals surface area (Å²) >= 11 is 2.68. The molecule has 2 heterocycles. The third-order valence-electron chi connectivity index (χ3n) is 2.51. The minimum Gasteiger partial charge on any atom is -0.396 e. The van der Waals surface area contributed by atoms with Crippen LogP contribution in [0.5, 0.6) is 0 Å². The number of nitrogen functional groups attached to an aromatic ring is 1. The zero-order valence-electron chi connectivity index (χ0n) is 10.3. The number of nitrogens with two attached hydrogens (primary N) is 1. The number of aliphatic hydroxyl groups is 1. The third kappa shape index (κ3) is 2.61. The van der Waals surface area contributed by atoms with Crippen molar-refractivity contribution >= 4 is 28.9 Å². The van der Waals surface area contributed by atoms with Crippen LogP contribution in [0.3, 0.4) is 0 Å². The molecule has 0 atom stereocenters. The molecule has 0 saturated carbocycles. The standard InChI is InChI=1S/C13H10N4OS2/c14-6-8-11(10-2-1-4-19-10)9(7-15)13(17-12(8)16)20-5-3-18/h1-2,4,18H,3,5H2,(H2,16,17). The van der Waals surface area contributed by atoms with Crippen molar-refractivity contribution < 1.29 is 5.11 Å². The van der Waals surface area contributed by atoms with Crippen molar-refractivity contribution in [1.82, 2.24) is 4.98 Å². The highest BCUT2D eigenvalue weighted by molar-refractivity contribution is 7.99. The number of nitrogens with zero attached hydrogens (tertiary/aromatic N) is 3. The molecule has 2 rings (SSSR count). The highest BCUT2D eigenvalue weighted by atomic mass is 32.2. The summed E-state index contributed by atoms with van der Waals surface area (Å²) in [7, 11) is 0. The maximum Gasteiger partial charge on any atom is 0.143 e. The lowest BCUT2D eigenvalue weighted by Gasteiger charge is -2.11. The van der Waals surface area contributed by atoms with Crippen molar-refractivity contribution in [3.05, 3.63) is 28.6 Å². The monoisotopic (exact) mass is 302 g/mol. The molecule has 7 heteroatoms. The first-order valence-electron chi connectivity index (χ1n) is 5.64. The fraction of sp³-hybridized carbons (Fsp3) is 0.154. The maximum absolute atomic E-state index is 9.40. The Morgan fingerprint density at radius 2 is 2.10 bits per heavy atom. The molecule has 20 heavy (non-hydrogen) atoms. The lowest BCUT2D eigenvalue weighted by atomic mass is 10.0. The lowest BCUT2D eigenvalue weighted by molar-refractivity contribution is 0.322. The number of aliphatic hydroxyl groups excluding tert-OH is 1. The van der Waals surface area contributed by atoms with Crippen LogP contribution in [0.1, 0.15) is 11.1 Å². The van der Waals surface area contributed by atoms with Crippen molar-refractivity contribution in [2.45, 2.75) is 5.03 Å². The number of rotatable bonds is 4. The Hall–Kier alpha value is -2.06. The maximum atomic E-state index is 9.40. The van der Waals surface area contributed by atoms with Crippen molar-refractivity contribution in [2.75, 3.05) is 18.1 Å². The number of hydrogen-bond donors (Lipinski definition) is 2. The molecule has 0 saturated heterocycles. The van der Waals surface area contributed by atoms with Gasteiger partial charge in [0, 0.05) is 16.2 Å². The minimum absolute atomic E-state index is 0.0224. The molecule has 0 radical (unpaired) electrons. The third-order valence-corrected chi connectivity index (χ3v) is 4.36. The van der Waals surface area contributed by atoms with Gasteiger partial charge in [0.25, 0.3) is 0 Å². The van der Waals surface area contributed by atoms with E-state index in [0.29, 0.717) is 21.9 Å². The molecule has 0 aliphatic heterocycles. The average molecular weight is 302 g/mol. The number of aromatic nitrogens is 1. The number of nitriles is 2. The first-order chi connectivity index (χ1) is 9.72. The normalized spacial score (nSPS) is 9.95. The van der Waals surface area contributed by atoms with Gasteiger partial charge in [-0.15, -0.1) is 23.1 Å². The fourth-order valence-corrected chi connectivity index (χ4v) is 3.23. The molecule has 3 N–H and O–H groups in total. The number of anilines is 1. The van der Waals surface area contributed by atoms with Crippen LogP contribution in [-0.4, -0.2) is 22.5 Å². The van der Waals surface area contributed by atoms with Crippen LogP contribution in [0, 0.1) is 22.7 Å². The molecule has 0 amide bonds. The SMILES string of the molecule is N#Cc1c(N)nc(SCCO)c(C#N)c1-c1cccs1. The molecule has 100 valence electrons. The summed E-state index contributed by atoms with van der Waals surface area (Å²) in [5.74, 6) is 0.520. The number of pyridine rings is 1. The second-order valence-electron chi connectivity index (χ2n) is 3.70. The minimum atomic E-state index is -0.0224. The molecule has 2 aromatic heterocycles. The molecule has 0 aliphatic rings. The lowest BCUT2D eigenvalue weighted by Crippen LogP contribution is -2.03. The molecule has 0 aliphatic carbocycles. The summed E-state index contributed by atoms with van der Waals surface area (Å²) in [5.41, 5.74) is 6.90. The summed E-state index contributed by atoms with van der Waals surface area (Å²) in [6.45, 7) is -0.0224. The van der Waals surface area contributed by atoms with Crippen molar-refractivity contribution in [3.8, 4) is 22.6 Å². The highest BCUT2D eigenvalue weighted by Crippen LogP contribution is 2.37. The number of thioether (sulfide) groups is 1. The van der Waals surface area contributed by atoms with Gasteiger partial charge in [-0.05, 0) is 11.4 Å². The van der Waals surface area contributed by atoms with Crippen LogP contribution in [0.15, 0.2) is 22.5 Å². The molecule has 0 aromatic carbocycles. The summed E-state index contributed by atoms with van der Waals surface area (Å²) in [6.07, 6.45) is 0. The zero-order valence-corrected chi connectivity index (χ0v) is 12.0. The summed E-state index contributed by atoms with van der Waals surface area (Å²) < 4.78 is 0. The second kappa shape index (κ2) is 6.40. The molecule has 0 fully saturated rings. The Bertz CT molecular complexity index is 699. The van der Waals surface area contributed by atoms with E-state index in [1.54, 1.807) is 0 Å². The van der Waals surface area contributed by atoms with Crippen molar-refractivity contribution in [1.29, 1.82) is 10.5 Å². The summed E-state index contributed by atoms with van der Waals surface area (Å²) in [6, 6.07) is 7.80. The quantitative estimate of drug-likeness (QED) is 0.839. The Labute approximate surface area is 124 Å². The smallest absolute Gasteiger partial charge is 0.143 e. The topological polar surface area (TPSA) is 107 Å². The number of thiophene rings is 1. The van der Waals surface area contributed by atoms with E-state index in [1.165, 1.54) is 23.1 Å². The Morgan fingerprint density at radius 3 is 2.65 bits per heavy atom. The molecule has 0 spiro atoms.